The van der Waals surface area contributed by atoms with Gasteiger partial charge in [-0.3, -0.25) is 14.5 Å². The summed E-state index contributed by atoms with van der Waals surface area (Å²) in [7, 11) is 4.35. The van der Waals surface area contributed by atoms with E-state index in [1.807, 2.05) is 0 Å². The minimum absolute atomic E-state index is 0.792. The van der Waals surface area contributed by atoms with Crippen LogP contribution in [0.15, 0.2) is 0 Å². The monoisotopic (exact) mass is 289 g/mol. The minimum Gasteiger partial charge on any atom is -0.304 e. The van der Waals surface area contributed by atoms with Crippen LogP contribution in [-0.4, -0.2) is 76.8 Å². The van der Waals surface area contributed by atoms with Crippen molar-refractivity contribution in [3.8, 4) is 0 Å². The van der Waals surface area contributed by atoms with E-state index in [9.17, 15) is 0 Å². The van der Waals surface area contributed by atoms with Gasteiger partial charge in [0, 0.05) is 58.9 Å². The molecule has 2 aliphatic heterocycles. The SMILES string of the molecule is CN1CCN(C2CN(Cc3c4c(nn3C)CCC4)C2)CC1. The lowest BCUT2D eigenvalue weighted by molar-refractivity contribution is 0.00426. The number of likely N-dealkylation sites (N-methyl/N-ethyl adjacent to an activating group) is 1. The van der Waals surface area contributed by atoms with E-state index >= 15 is 0 Å². The van der Waals surface area contributed by atoms with Gasteiger partial charge in [0.05, 0.1) is 11.4 Å². The molecule has 0 unspecified atom stereocenters. The van der Waals surface area contributed by atoms with Crippen LogP contribution < -0.4 is 0 Å². The largest absolute Gasteiger partial charge is 0.304 e. The molecule has 2 saturated heterocycles. The standard InChI is InChI=1S/C16H27N5/c1-18-6-8-21(9-7-18)13-10-20(11-13)12-16-14-4-3-5-15(14)17-19(16)2/h13H,3-12H2,1-2H3. The maximum absolute atomic E-state index is 4.69. The number of likely N-dealkylation sites (tertiary alicyclic amines) is 1. The number of aryl methyl sites for hydroxylation is 2. The Hall–Kier alpha value is -0.910. The molecule has 116 valence electrons. The quantitative estimate of drug-likeness (QED) is 0.802. The van der Waals surface area contributed by atoms with Crippen molar-refractivity contribution in [2.24, 2.45) is 7.05 Å². The van der Waals surface area contributed by atoms with Gasteiger partial charge in [0.25, 0.3) is 0 Å². The van der Waals surface area contributed by atoms with Gasteiger partial charge in [-0.1, -0.05) is 0 Å². The Morgan fingerprint density at radius 2 is 1.81 bits per heavy atom. The fourth-order valence-corrected chi connectivity index (χ4v) is 4.09. The summed E-state index contributed by atoms with van der Waals surface area (Å²) in [5.74, 6) is 0. The fraction of sp³-hybridized carbons (Fsp3) is 0.812. The van der Waals surface area contributed by atoms with Gasteiger partial charge >= 0.3 is 0 Å². The number of aromatic nitrogens is 2. The van der Waals surface area contributed by atoms with Gasteiger partial charge in [-0.25, -0.2) is 0 Å². The van der Waals surface area contributed by atoms with Gasteiger partial charge in [-0.05, 0) is 31.9 Å². The Bertz CT molecular complexity index is 509. The smallest absolute Gasteiger partial charge is 0.0660 e. The summed E-state index contributed by atoms with van der Waals surface area (Å²) in [5.41, 5.74) is 4.39. The van der Waals surface area contributed by atoms with Gasteiger partial charge in [0.15, 0.2) is 0 Å². The Morgan fingerprint density at radius 1 is 1.05 bits per heavy atom. The zero-order valence-corrected chi connectivity index (χ0v) is 13.4. The van der Waals surface area contributed by atoms with Gasteiger partial charge in [0.2, 0.25) is 0 Å². The summed E-state index contributed by atoms with van der Waals surface area (Å²) in [6.45, 7) is 8.53. The number of fused-ring (bicyclic) bond motifs is 1. The third-order valence-electron chi connectivity index (χ3n) is 5.56. The average Bonchev–Trinajstić information content (AvgIpc) is 2.97. The Kier molecular flexibility index (Phi) is 3.52. The summed E-state index contributed by atoms with van der Waals surface area (Å²) >= 11 is 0. The van der Waals surface area contributed by atoms with E-state index in [1.54, 1.807) is 5.56 Å². The highest BCUT2D eigenvalue weighted by Gasteiger charge is 2.34. The summed E-state index contributed by atoms with van der Waals surface area (Å²) in [6.07, 6.45) is 3.73. The first-order chi connectivity index (χ1) is 10.2. The zero-order valence-electron chi connectivity index (χ0n) is 13.4. The lowest BCUT2D eigenvalue weighted by atomic mass is 10.0. The highest BCUT2D eigenvalue weighted by Crippen LogP contribution is 2.27. The minimum atomic E-state index is 0.792. The van der Waals surface area contributed by atoms with Crippen LogP contribution in [0.2, 0.25) is 0 Å². The molecule has 5 heteroatoms. The van der Waals surface area contributed by atoms with Crippen molar-refractivity contribution in [3.05, 3.63) is 17.0 Å². The van der Waals surface area contributed by atoms with Crippen LogP contribution >= 0.6 is 0 Å². The molecule has 21 heavy (non-hydrogen) atoms. The van der Waals surface area contributed by atoms with Crippen LogP contribution in [0.4, 0.5) is 0 Å². The second-order valence-corrected chi connectivity index (χ2v) is 7.04. The molecule has 5 nitrogen and oxygen atoms in total. The van der Waals surface area contributed by atoms with E-state index in [1.165, 1.54) is 69.9 Å². The molecule has 0 N–H and O–H groups in total. The van der Waals surface area contributed by atoms with Crippen molar-refractivity contribution in [2.75, 3.05) is 46.3 Å². The van der Waals surface area contributed by atoms with E-state index in [2.05, 4.69) is 33.5 Å². The summed E-state index contributed by atoms with van der Waals surface area (Å²) in [4.78, 5) is 7.72. The van der Waals surface area contributed by atoms with E-state index in [0.717, 1.165) is 12.6 Å². The first-order valence-electron chi connectivity index (χ1n) is 8.39. The molecule has 0 spiro atoms. The summed E-state index contributed by atoms with van der Waals surface area (Å²) in [6, 6.07) is 0.792. The predicted octanol–water partition coefficient (Wildman–Crippen LogP) is 0.340. The molecule has 1 aromatic heterocycles. The topological polar surface area (TPSA) is 27.5 Å². The van der Waals surface area contributed by atoms with Gasteiger partial charge in [-0.15, -0.1) is 0 Å². The molecule has 0 amide bonds. The number of nitrogens with zero attached hydrogens (tertiary/aromatic N) is 5. The molecule has 0 saturated carbocycles. The summed E-state index contributed by atoms with van der Waals surface area (Å²) in [5, 5.41) is 4.69. The van der Waals surface area contributed by atoms with Crippen LogP contribution in [0.3, 0.4) is 0 Å². The molecule has 4 rings (SSSR count). The van der Waals surface area contributed by atoms with Crippen LogP contribution in [0.5, 0.6) is 0 Å². The van der Waals surface area contributed by atoms with Crippen LogP contribution in [0.1, 0.15) is 23.4 Å². The Morgan fingerprint density at radius 3 is 2.57 bits per heavy atom. The molecule has 0 atom stereocenters. The summed E-state index contributed by atoms with van der Waals surface area (Å²) < 4.78 is 2.13. The molecular weight excluding hydrogens is 262 g/mol. The predicted molar refractivity (Wildman–Crippen MR) is 83.4 cm³/mol. The molecular formula is C16H27N5. The fourth-order valence-electron chi connectivity index (χ4n) is 4.09. The van der Waals surface area contributed by atoms with E-state index in [-0.39, 0.29) is 0 Å². The number of rotatable bonds is 3. The maximum atomic E-state index is 4.69. The normalized spacial score (nSPS) is 25.2. The number of hydrogen-bond donors (Lipinski definition) is 0. The van der Waals surface area contributed by atoms with E-state index in [4.69, 9.17) is 5.10 Å². The van der Waals surface area contributed by atoms with Gasteiger partial charge in [-0.2, -0.15) is 5.10 Å². The molecule has 0 aromatic carbocycles. The number of piperazine rings is 1. The first-order valence-corrected chi connectivity index (χ1v) is 8.39. The van der Waals surface area contributed by atoms with Crippen molar-refractivity contribution in [1.82, 2.24) is 24.5 Å². The van der Waals surface area contributed by atoms with Gasteiger partial charge < -0.3 is 4.90 Å². The Labute approximate surface area is 127 Å². The average molecular weight is 289 g/mol. The molecule has 2 fully saturated rings. The van der Waals surface area contributed by atoms with Crippen molar-refractivity contribution in [3.63, 3.8) is 0 Å². The zero-order chi connectivity index (χ0) is 14.4. The molecule has 3 aliphatic rings. The molecule has 1 aliphatic carbocycles. The molecule has 3 heterocycles. The lowest BCUT2D eigenvalue weighted by Crippen LogP contribution is -2.62. The van der Waals surface area contributed by atoms with Crippen LogP contribution in [0.25, 0.3) is 0 Å². The van der Waals surface area contributed by atoms with Crippen molar-refractivity contribution < 1.29 is 0 Å². The lowest BCUT2D eigenvalue weighted by Gasteiger charge is -2.47. The molecule has 1 aromatic rings. The van der Waals surface area contributed by atoms with Crippen LogP contribution in [0, 0.1) is 0 Å². The van der Waals surface area contributed by atoms with Crippen molar-refractivity contribution in [1.29, 1.82) is 0 Å². The third kappa shape index (κ3) is 2.51. The second-order valence-electron chi connectivity index (χ2n) is 7.04. The highest BCUT2D eigenvalue weighted by atomic mass is 15.4. The third-order valence-corrected chi connectivity index (χ3v) is 5.56. The van der Waals surface area contributed by atoms with Crippen molar-refractivity contribution >= 4 is 0 Å². The molecule has 0 radical (unpaired) electrons. The maximum Gasteiger partial charge on any atom is 0.0660 e. The Balaban J connectivity index is 1.33. The van der Waals surface area contributed by atoms with Crippen LogP contribution in [-0.2, 0) is 26.4 Å². The van der Waals surface area contributed by atoms with Crippen molar-refractivity contribution in [2.45, 2.75) is 31.8 Å². The second kappa shape index (κ2) is 5.38. The highest BCUT2D eigenvalue weighted by molar-refractivity contribution is 5.30. The van der Waals surface area contributed by atoms with E-state index < -0.39 is 0 Å². The van der Waals surface area contributed by atoms with Gasteiger partial charge in [0.1, 0.15) is 0 Å². The van der Waals surface area contributed by atoms with E-state index in [0.29, 0.717) is 0 Å². The molecule has 0 bridgehead atoms. The first kappa shape index (κ1) is 13.7. The number of hydrogen-bond acceptors (Lipinski definition) is 4.